The summed E-state index contributed by atoms with van der Waals surface area (Å²) in [5.41, 5.74) is 0.771. The van der Waals surface area contributed by atoms with Crippen molar-refractivity contribution in [2.24, 2.45) is 5.92 Å². The Labute approximate surface area is 156 Å². The number of amides is 1. The van der Waals surface area contributed by atoms with Crippen LogP contribution in [-0.4, -0.2) is 22.5 Å². The first kappa shape index (κ1) is 19.3. The van der Waals surface area contributed by atoms with Crippen LogP contribution >= 0.6 is 12.2 Å². The van der Waals surface area contributed by atoms with Gasteiger partial charge in [0, 0.05) is 23.4 Å². The molecule has 2 aromatic rings. The number of ether oxygens (including phenoxy) is 1. The molecule has 2 aromatic carbocycles. The monoisotopic (exact) mass is 373 g/mol. The standard InChI is InChI=1S/C18H19N3O4S/c1-12(2)11-25-16-8-6-13(7-9-16)17(22)20-18(26)19-14-4-3-5-15(10-14)21(23)24/h3-10,12H,11H2,1-2H3,(H2,19,20,22,26). The average molecular weight is 373 g/mol. The molecule has 0 fully saturated rings. The lowest BCUT2D eigenvalue weighted by molar-refractivity contribution is -0.384. The van der Waals surface area contributed by atoms with Gasteiger partial charge in [-0.3, -0.25) is 20.2 Å². The van der Waals surface area contributed by atoms with Crippen molar-refractivity contribution in [3.8, 4) is 5.75 Å². The van der Waals surface area contributed by atoms with E-state index in [0.717, 1.165) is 0 Å². The van der Waals surface area contributed by atoms with Crippen LogP contribution in [0, 0.1) is 16.0 Å². The topological polar surface area (TPSA) is 93.5 Å². The summed E-state index contributed by atoms with van der Waals surface area (Å²) < 4.78 is 5.57. The molecule has 0 saturated heterocycles. The Morgan fingerprint density at radius 1 is 1.23 bits per heavy atom. The number of rotatable bonds is 6. The van der Waals surface area contributed by atoms with Crippen molar-refractivity contribution in [1.82, 2.24) is 5.32 Å². The second-order valence-corrected chi connectivity index (χ2v) is 6.35. The van der Waals surface area contributed by atoms with E-state index in [-0.39, 0.29) is 16.7 Å². The summed E-state index contributed by atoms with van der Waals surface area (Å²) in [5, 5.41) is 16.1. The third-order valence-electron chi connectivity index (χ3n) is 3.24. The smallest absolute Gasteiger partial charge is 0.271 e. The Hall–Kier alpha value is -3.00. The Bertz CT molecular complexity index is 806. The van der Waals surface area contributed by atoms with E-state index in [9.17, 15) is 14.9 Å². The van der Waals surface area contributed by atoms with Crippen LogP contribution in [-0.2, 0) is 0 Å². The fourth-order valence-electron chi connectivity index (χ4n) is 2.00. The molecule has 0 heterocycles. The van der Waals surface area contributed by atoms with Crippen LogP contribution in [0.5, 0.6) is 5.75 Å². The highest BCUT2D eigenvalue weighted by atomic mass is 32.1. The van der Waals surface area contributed by atoms with Crippen LogP contribution in [0.25, 0.3) is 0 Å². The molecular weight excluding hydrogens is 354 g/mol. The molecule has 0 atom stereocenters. The van der Waals surface area contributed by atoms with E-state index in [1.807, 2.05) is 0 Å². The molecule has 136 valence electrons. The van der Waals surface area contributed by atoms with Crippen LogP contribution in [0.4, 0.5) is 11.4 Å². The van der Waals surface area contributed by atoms with Crippen molar-refractivity contribution >= 4 is 34.6 Å². The van der Waals surface area contributed by atoms with Crippen LogP contribution < -0.4 is 15.4 Å². The summed E-state index contributed by atoms with van der Waals surface area (Å²) >= 11 is 5.08. The van der Waals surface area contributed by atoms with Gasteiger partial charge >= 0.3 is 0 Å². The first-order valence-electron chi connectivity index (χ1n) is 7.95. The molecule has 0 aliphatic heterocycles. The Balaban J connectivity index is 1.93. The summed E-state index contributed by atoms with van der Waals surface area (Å²) in [5.74, 6) is 0.714. The number of anilines is 1. The van der Waals surface area contributed by atoms with Crippen molar-refractivity contribution < 1.29 is 14.5 Å². The molecule has 0 saturated carbocycles. The van der Waals surface area contributed by atoms with Gasteiger partial charge in [0.2, 0.25) is 0 Å². The summed E-state index contributed by atoms with van der Waals surface area (Å²) in [4.78, 5) is 22.5. The van der Waals surface area contributed by atoms with Crippen molar-refractivity contribution in [2.45, 2.75) is 13.8 Å². The maximum Gasteiger partial charge on any atom is 0.271 e. The minimum Gasteiger partial charge on any atom is -0.493 e. The molecule has 0 radical (unpaired) electrons. The molecule has 2 N–H and O–H groups in total. The van der Waals surface area contributed by atoms with E-state index in [1.165, 1.54) is 18.2 Å². The van der Waals surface area contributed by atoms with Crippen molar-refractivity contribution in [3.05, 3.63) is 64.2 Å². The Kier molecular flexibility index (Phi) is 6.62. The first-order valence-corrected chi connectivity index (χ1v) is 8.35. The third kappa shape index (κ3) is 5.82. The van der Waals surface area contributed by atoms with Gasteiger partial charge in [0.25, 0.3) is 11.6 Å². The molecule has 0 unspecified atom stereocenters. The van der Waals surface area contributed by atoms with Crippen LogP contribution in [0.3, 0.4) is 0 Å². The maximum absolute atomic E-state index is 12.2. The molecular formula is C18H19N3O4S. The summed E-state index contributed by atoms with van der Waals surface area (Å²) in [6, 6.07) is 12.6. The number of hydrogen-bond acceptors (Lipinski definition) is 5. The fourth-order valence-corrected chi connectivity index (χ4v) is 2.21. The van der Waals surface area contributed by atoms with Gasteiger partial charge in [0.15, 0.2) is 5.11 Å². The number of nitrogens with one attached hydrogen (secondary N) is 2. The number of hydrogen-bond donors (Lipinski definition) is 2. The van der Waals surface area contributed by atoms with Gasteiger partial charge in [0.05, 0.1) is 11.5 Å². The molecule has 1 amide bonds. The van der Waals surface area contributed by atoms with Gasteiger partial charge in [-0.05, 0) is 48.5 Å². The molecule has 0 aliphatic carbocycles. The number of non-ortho nitro benzene ring substituents is 1. The minimum absolute atomic E-state index is 0.0515. The number of nitro groups is 1. The molecule has 0 aromatic heterocycles. The lowest BCUT2D eigenvalue weighted by Gasteiger charge is -2.11. The highest BCUT2D eigenvalue weighted by Gasteiger charge is 2.10. The minimum atomic E-state index is -0.504. The van der Waals surface area contributed by atoms with Gasteiger partial charge in [-0.2, -0.15) is 0 Å². The Morgan fingerprint density at radius 2 is 1.92 bits per heavy atom. The van der Waals surface area contributed by atoms with Gasteiger partial charge in [-0.15, -0.1) is 0 Å². The second kappa shape index (κ2) is 8.91. The van der Waals surface area contributed by atoms with E-state index in [0.29, 0.717) is 29.5 Å². The molecule has 0 spiro atoms. The van der Waals surface area contributed by atoms with Crippen LogP contribution in [0.15, 0.2) is 48.5 Å². The van der Waals surface area contributed by atoms with Gasteiger partial charge < -0.3 is 10.1 Å². The zero-order valence-corrected chi connectivity index (χ0v) is 15.2. The van der Waals surface area contributed by atoms with Gasteiger partial charge in [0.1, 0.15) is 5.75 Å². The van der Waals surface area contributed by atoms with Crippen molar-refractivity contribution in [3.63, 3.8) is 0 Å². The number of thiocarbonyl (C=S) groups is 1. The van der Waals surface area contributed by atoms with E-state index in [1.54, 1.807) is 30.3 Å². The van der Waals surface area contributed by atoms with E-state index < -0.39 is 4.92 Å². The fraction of sp³-hybridized carbons (Fsp3) is 0.222. The predicted octanol–water partition coefficient (Wildman–Crippen LogP) is 3.76. The van der Waals surface area contributed by atoms with E-state index in [2.05, 4.69) is 24.5 Å². The molecule has 0 aliphatic rings. The Morgan fingerprint density at radius 3 is 2.54 bits per heavy atom. The van der Waals surface area contributed by atoms with E-state index >= 15 is 0 Å². The average Bonchev–Trinajstić information content (AvgIpc) is 2.60. The third-order valence-corrected chi connectivity index (χ3v) is 3.45. The quantitative estimate of drug-likeness (QED) is 0.455. The molecule has 8 heteroatoms. The van der Waals surface area contributed by atoms with Crippen LogP contribution in [0.1, 0.15) is 24.2 Å². The molecule has 2 rings (SSSR count). The lowest BCUT2D eigenvalue weighted by atomic mass is 10.2. The van der Waals surface area contributed by atoms with E-state index in [4.69, 9.17) is 17.0 Å². The van der Waals surface area contributed by atoms with Crippen molar-refractivity contribution in [1.29, 1.82) is 0 Å². The molecule has 0 bridgehead atoms. The molecule has 26 heavy (non-hydrogen) atoms. The zero-order chi connectivity index (χ0) is 19.1. The summed E-state index contributed by atoms with van der Waals surface area (Å²) in [6.45, 7) is 4.71. The normalized spacial score (nSPS) is 10.3. The SMILES string of the molecule is CC(C)COc1ccc(C(=O)NC(=S)Nc2cccc([N+](=O)[O-])c2)cc1. The van der Waals surface area contributed by atoms with Crippen molar-refractivity contribution in [2.75, 3.05) is 11.9 Å². The number of nitro benzene ring substituents is 1. The number of benzene rings is 2. The lowest BCUT2D eigenvalue weighted by Crippen LogP contribution is -2.34. The van der Waals surface area contributed by atoms with Gasteiger partial charge in [-0.25, -0.2) is 0 Å². The maximum atomic E-state index is 12.2. The summed E-state index contributed by atoms with van der Waals surface area (Å²) in [7, 11) is 0. The number of carbonyl (C=O) groups is 1. The number of nitrogens with zero attached hydrogens (tertiary/aromatic N) is 1. The summed E-state index contributed by atoms with van der Waals surface area (Å²) in [6.07, 6.45) is 0. The molecule has 7 nitrogen and oxygen atoms in total. The second-order valence-electron chi connectivity index (χ2n) is 5.94. The van der Waals surface area contributed by atoms with Gasteiger partial charge in [-0.1, -0.05) is 19.9 Å². The zero-order valence-electron chi connectivity index (χ0n) is 14.4. The van der Waals surface area contributed by atoms with Crippen LogP contribution in [0.2, 0.25) is 0 Å². The highest BCUT2D eigenvalue weighted by Crippen LogP contribution is 2.17. The number of carbonyl (C=O) groups excluding carboxylic acids is 1. The highest BCUT2D eigenvalue weighted by molar-refractivity contribution is 7.80. The largest absolute Gasteiger partial charge is 0.493 e. The predicted molar refractivity (Wildman–Crippen MR) is 104 cm³/mol. The first-order chi connectivity index (χ1) is 12.3.